The summed E-state index contributed by atoms with van der Waals surface area (Å²) in [5.74, 6) is 0.162. The van der Waals surface area contributed by atoms with Gasteiger partial charge in [-0.05, 0) is 13.8 Å². The maximum Gasteiger partial charge on any atom is 0.389 e. The van der Waals surface area contributed by atoms with Crippen LogP contribution in [0.1, 0.15) is 26.7 Å². The van der Waals surface area contributed by atoms with E-state index in [2.05, 4.69) is 0 Å². The normalized spacial score (nSPS) is 24.8. The Bertz CT molecular complexity index is 328. The average molecular weight is 271 g/mol. The SMILES string of the molecule is CC1(C)CS(=O)CCN1C(=O)CCC(F)(F)F. The van der Waals surface area contributed by atoms with Gasteiger partial charge in [0.15, 0.2) is 0 Å². The van der Waals surface area contributed by atoms with Crippen molar-refractivity contribution in [1.82, 2.24) is 4.90 Å². The number of hydrogen-bond acceptors (Lipinski definition) is 2. The van der Waals surface area contributed by atoms with Gasteiger partial charge in [0.25, 0.3) is 0 Å². The topological polar surface area (TPSA) is 37.4 Å². The van der Waals surface area contributed by atoms with Gasteiger partial charge in [-0.15, -0.1) is 0 Å². The molecule has 0 bridgehead atoms. The van der Waals surface area contributed by atoms with Gasteiger partial charge in [-0.3, -0.25) is 9.00 Å². The molecule has 100 valence electrons. The Morgan fingerprint density at radius 1 is 1.41 bits per heavy atom. The first-order chi connectivity index (χ1) is 7.62. The third-order valence-electron chi connectivity index (χ3n) is 2.71. The maximum absolute atomic E-state index is 12.0. The summed E-state index contributed by atoms with van der Waals surface area (Å²) >= 11 is 0. The molecule has 1 atom stereocenters. The first kappa shape index (κ1) is 14.5. The van der Waals surface area contributed by atoms with Gasteiger partial charge < -0.3 is 4.90 Å². The van der Waals surface area contributed by atoms with Gasteiger partial charge in [0.1, 0.15) is 0 Å². The van der Waals surface area contributed by atoms with E-state index in [1.54, 1.807) is 13.8 Å². The van der Waals surface area contributed by atoms with Gasteiger partial charge in [-0.25, -0.2) is 0 Å². The number of carbonyl (C=O) groups excluding carboxylic acids is 1. The summed E-state index contributed by atoms with van der Waals surface area (Å²) in [4.78, 5) is 13.1. The minimum absolute atomic E-state index is 0.274. The van der Waals surface area contributed by atoms with Crippen LogP contribution in [0.15, 0.2) is 0 Å². The highest BCUT2D eigenvalue weighted by atomic mass is 32.2. The van der Waals surface area contributed by atoms with Gasteiger partial charge in [0, 0.05) is 40.8 Å². The van der Waals surface area contributed by atoms with Crippen LogP contribution in [0, 0.1) is 0 Å². The fourth-order valence-corrected chi connectivity index (χ4v) is 3.36. The van der Waals surface area contributed by atoms with Crippen molar-refractivity contribution in [3.8, 4) is 0 Å². The van der Waals surface area contributed by atoms with Gasteiger partial charge in [0.2, 0.25) is 5.91 Å². The van der Waals surface area contributed by atoms with Crippen molar-refractivity contribution in [3.05, 3.63) is 0 Å². The first-order valence-electron chi connectivity index (χ1n) is 5.34. The molecule has 0 N–H and O–H groups in total. The highest BCUT2D eigenvalue weighted by molar-refractivity contribution is 7.85. The number of hydrogen-bond donors (Lipinski definition) is 0. The van der Waals surface area contributed by atoms with Crippen molar-refractivity contribution in [2.75, 3.05) is 18.1 Å². The van der Waals surface area contributed by atoms with E-state index >= 15 is 0 Å². The molecule has 1 unspecified atom stereocenters. The van der Waals surface area contributed by atoms with Gasteiger partial charge in [-0.2, -0.15) is 13.2 Å². The minimum Gasteiger partial charge on any atom is -0.336 e. The molecule has 0 aliphatic carbocycles. The molecule has 0 aromatic carbocycles. The van der Waals surface area contributed by atoms with E-state index in [-0.39, 0.29) is 6.54 Å². The number of carbonyl (C=O) groups is 1. The highest BCUT2D eigenvalue weighted by Gasteiger charge is 2.37. The molecule has 0 spiro atoms. The van der Waals surface area contributed by atoms with Crippen LogP contribution in [-0.2, 0) is 15.6 Å². The summed E-state index contributed by atoms with van der Waals surface area (Å²) < 4.78 is 47.4. The van der Waals surface area contributed by atoms with Crippen LogP contribution < -0.4 is 0 Å². The molecule has 0 saturated carbocycles. The van der Waals surface area contributed by atoms with E-state index in [1.807, 2.05) is 0 Å². The van der Waals surface area contributed by atoms with Gasteiger partial charge >= 0.3 is 6.18 Å². The Balaban J connectivity index is 2.60. The van der Waals surface area contributed by atoms with Crippen molar-refractivity contribution in [2.45, 2.75) is 38.4 Å². The zero-order valence-electron chi connectivity index (χ0n) is 9.84. The second-order valence-electron chi connectivity index (χ2n) is 4.76. The van der Waals surface area contributed by atoms with Crippen LogP contribution in [-0.4, -0.2) is 44.8 Å². The fraction of sp³-hybridized carbons (Fsp3) is 0.900. The van der Waals surface area contributed by atoms with Crippen molar-refractivity contribution < 1.29 is 22.2 Å². The number of halogens is 3. The Hall–Kier alpha value is -0.590. The van der Waals surface area contributed by atoms with Crippen LogP contribution in [0.3, 0.4) is 0 Å². The largest absolute Gasteiger partial charge is 0.389 e. The van der Waals surface area contributed by atoms with E-state index in [4.69, 9.17) is 0 Å². The third-order valence-corrected chi connectivity index (χ3v) is 4.38. The first-order valence-corrected chi connectivity index (χ1v) is 6.83. The highest BCUT2D eigenvalue weighted by Crippen LogP contribution is 2.25. The summed E-state index contributed by atoms with van der Waals surface area (Å²) in [7, 11) is -0.984. The minimum atomic E-state index is -4.31. The molecule has 0 radical (unpaired) electrons. The van der Waals surface area contributed by atoms with E-state index in [0.29, 0.717) is 11.5 Å². The molecule has 1 saturated heterocycles. The van der Waals surface area contributed by atoms with E-state index < -0.39 is 41.3 Å². The van der Waals surface area contributed by atoms with Crippen molar-refractivity contribution in [2.24, 2.45) is 0 Å². The molecular formula is C10H16F3NO2S. The zero-order valence-corrected chi connectivity index (χ0v) is 10.7. The molecule has 1 aliphatic rings. The van der Waals surface area contributed by atoms with E-state index in [0.717, 1.165) is 0 Å². The van der Waals surface area contributed by atoms with Crippen LogP contribution >= 0.6 is 0 Å². The summed E-state index contributed by atoms with van der Waals surface area (Å²) in [6, 6.07) is 0. The molecule has 1 heterocycles. The van der Waals surface area contributed by atoms with Crippen molar-refractivity contribution in [1.29, 1.82) is 0 Å². The van der Waals surface area contributed by atoms with Crippen LogP contribution in [0.25, 0.3) is 0 Å². The number of nitrogens with zero attached hydrogens (tertiary/aromatic N) is 1. The lowest BCUT2D eigenvalue weighted by Gasteiger charge is -2.42. The number of alkyl halides is 3. The van der Waals surface area contributed by atoms with E-state index in [1.165, 1.54) is 4.90 Å². The summed E-state index contributed by atoms with van der Waals surface area (Å²) in [6.07, 6.45) is -5.93. The number of amides is 1. The molecule has 1 fully saturated rings. The molecule has 1 aliphatic heterocycles. The molecule has 7 heteroatoms. The lowest BCUT2D eigenvalue weighted by Crippen LogP contribution is -2.56. The van der Waals surface area contributed by atoms with Crippen LogP contribution in [0.5, 0.6) is 0 Å². The molecule has 17 heavy (non-hydrogen) atoms. The van der Waals surface area contributed by atoms with Crippen LogP contribution in [0.2, 0.25) is 0 Å². The summed E-state index contributed by atoms with van der Waals surface area (Å²) in [6.45, 7) is 3.74. The molecule has 1 rings (SSSR count). The average Bonchev–Trinajstić information content (AvgIpc) is 2.11. The monoisotopic (exact) mass is 271 g/mol. The predicted molar refractivity (Wildman–Crippen MR) is 59.0 cm³/mol. The van der Waals surface area contributed by atoms with Crippen LogP contribution in [0.4, 0.5) is 13.2 Å². The molecule has 3 nitrogen and oxygen atoms in total. The Morgan fingerprint density at radius 2 is 2.00 bits per heavy atom. The standard InChI is InChI=1S/C10H16F3NO2S/c1-9(2)7-17(16)6-5-14(9)8(15)3-4-10(11,12)13/h3-7H2,1-2H3. The summed E-state index contributed by atoms with van der Waals surface area (Å²) in [5, 5.41) is 0. The van der Waals surface area contributed by atoms with Gasteiger partial charge in [0.05, 0.1) is 6.42 Å². The molecule has 0 aromatic heterocycles. The summed E-state index contributed by atoms with van der Waals surface area (Å²) in [5.41, 5.74) is -0.619. The maximum atomic E-state index is 12.0. The fourth-order valence-electron chi connectivity index (χ4n) is 1.89. The Labute approximate surface area is 101 Å². The second kappa shape index (κ2) is 4.96. The Kier molecular flexibility index (Phi) is 4.22. The molecule has 0 aromatic rings. The lowest BCUT2D eigenvalue weighted by atomic mass is 10.0. The second-order valence-corrected chi connectivity index (χ2v) is 6.34. The molecule has 1 amide bonds. The zero-order chi connectivity index (χ0) is 13.3. The quantitative estimate of drug-likeness (QED) is 0.766. The van der Waals surface area contributed by atoms with Crippen molar-refractivity contribution >= 4 is 16.7 Å². The number of rotatable bonds is 2. The predicted octanol–water partition coefficient (Wildman–Crippen LogP) is 1.70. The third kappa shape index (κ3) is 4.29. The smallest absolute Gasteiger partial charge is 0.336 e. The van der Waals surface area contributed by atoms with Crippen molar-refractivity contribution in [3.63, 3.8) is 0 Å². The van der Waals surface area contributed by atoms with Gasteiger partial charge in [-0.1, -0.05) is 0 Å². The Morgan fingerprint density at radius 3 is 2.47 bits per heavy atom. The van der Waals surface area contributed by atoms with E-state index in [9.17, 15) is 22.2 Å². The lowest BCUT2D eigenvalue weighted by molar-refractivity contribution is -0.151. The molecular weight excluding hydrogens is 255 g/mol.